The van der Waals surface area contributed by atoms with Gasteiger partial charge in [0.1, 0.15) is 0 Å². The first-order valence-corrected chi connectivity index (χ1v) is 3.85. The molecule has 12 heavy (non-hydrogen) atoms. The SMILES string of the molecule is COc1ccnc(C(C)C)c1F. The minimum absolute atomic E-state index is 0.0834. The third-order valence-electron chi connectivity index (χ3n) is 1.65. The molecule has 0 fully saturated rings. The second kappa shape index (κ2) is 3.52. The Labute approximate surface area is 71.4 Å². The molecule has 0 saturated carbocycles. The molecule has 0 atom stereocenters. The third-order valence-corrected chi connectivity index (χ3v) is 1.65. The van der Waals surface area contributed by atoms with Crippen molar-refractivity contribution in [1.82, 2.24) is 4.98 Å². The number of hydrogen-bond acceptors (Lipinski definition) is 2. The largest absolute Gasteiger partial charge is 0.494 e. The van der Waals surface area contributed by atoms with Crippen molar-refractivity contribution in [3.05, 3.63) is 23.8 Å². The molecule has 0 aromatic carbocycles. The lowest BCUT2D eigenvalue weighted by Gasteiger charge is -2.08. The van der Waals surface area contributed by atoms with E-state index in [1.807, 2.05) is 13.8 Å². The second-order valence-corrected chi connectivity index (χ2v) is 2.87. The molecule has 0 spiro atoms. The van der Waals surface area contributed by atoms with Crippen LogP contribution in [0.4, 0.5) is 4.39 Å². The Morgan fingerprint density at radius 1 is 1.50 bits per heavy atom. The molecule has 0 saturated heterocycles. The van der Waals surface area contributed by atoms with Crippen LogP contribution in [-0.2, 0) is 0 Å². The first kappa shape index (κ1) is 8.97. The van der Waals surface area contributed by atoms with Gasteiger partial charge in [0.25, 0.3) is 0 Å². The standard InChI is InChI=1S/C9H12FNO/c1-6(2)9-8(10)7(12-3)4-5-11-9/h4-6H,1-3H3. The van der Waals surface area contributed by atoms with Gasteiger partial charge in [-0.25, -0.2) is 4.39 Å². The summed E-state index contributed by atoms with van der Waals surface area (Å²) in [5, 5.41) is 0. The maximum atomic E-state index is 13.3. The average molecular weight is 169 g/mol. The molecule has 0 N–H and O–H groups in total. The Bertz CT molecular complexity index is 273. The molecule has 2 nitrogen and oxygen atoms in total. The van der Waals surface area contributed by atoms with Gasteiger partial charge in [-0.05, 0) is 5.92 Å². The van der Waals surface area contributed by atoms with E-state index in [0.717, 1.165) is 0 Å². The zero-order valence-corrected chi connectivity index (χ0v) is 7.47. The molecule has 0 bridgehead atoms. The average Bonchev–Trinajstić information content (AvgIpc) is 2.04. The Morgan fingerprint density at radius 3 is 2.67 bits per heavy atom. The van der Waals surface area contributed by atoms with Gasteiger partial charge in [-0.2, -0.15) is 0 Å². The number of hydrogen-bond donors (Lipinski definition) is 0. The lowest BCUT2D eigenvalue weighted by molar-refractivity contribution is 0.381. The van der Waals surface area contributed by atoms with Gasteiger partial charge in [-0.15, -0.1) is 0 Å². The predicted octanol–water partition coefficient (Wildman–Crippen LogP) is 2.35. The maximum Gasteiger partial charge on any atom is 0.186 e. The van der Waals surface area contributed by atoms with Gasteiger partial charge >= 0.3 is 0 Å². The molecular weight excluding hydrogens is 157 g/mol. The number of pyridine rings is 1. The Hall–Kier alpha value is -1.12. The van der Waals surface area contributed by atoms with Crippen LogP contribution in [-0.4, -0.2) is 12.1 Å². The Morgan fingerprint density at radius 2 is 2.17 bits per heavy atom. The maximum absolute atomic E-state index is 13.3. The van der Waals surface area contributed by atoms with Crippen LogP contribution in [0.25, 0.3) is 0 Å². The summed E-state index contributed by atoms with van der Waals surface area (Å²) in [6.07, 6.45) is 1.55. The smallest absolute Gasteiger partial charge is 0.186 e. The summed E-state index contributed by atoms with van der Waals surface area (Å²) in [7, 11) is 1.45. The van der Waals surface area contributed by atoms with E-state index in [9.17, 15) is 4.39 Å². The van der Waals surface area contributed by atoms with E-state index in [2.05, 4.69) is 4.98 Å². The van der Waals surface area contributed by atoms with Crippen LogP contribution in [0.2, 0.25) is 0 Å². The fraction of sp³-hybridized carbons (Fsp3) is 0.444. The molecule has 0 aliphatic rings. The van der Waals surface area contributed by atoms with Gasteiger partial charge < -0.3 is 4.74 Å². The van der Waals surface area contributed by atoms with Crippen molar-refractivity contribution in [3.8, 4) is 5.75 Å². The number of halogens is 1. The van der Waals surface area contributed by atoms with Gasteiger partial charge in [-0.3, -0.25) is 4.98 Å². The number of rotatable bonds is 2. The summed E-state index contributed by atoms with van der Waals surface area (Å²) in [6.45, 7) is 3.79. The summed E-state index contributed by atoms with van der Waals surface area (Å²) in [4.78, 5) is 3.93. The number of methoxy groups -OCH3 is 1. The van der Waals surface area contributed by atoms with Gasteiger partial charge in [0.15, 0.2) is 11.6 Å². The third kappa shape index (κ3) is 1.55. The summed E-state index contributed by atoms with van der Waals surface area (Å²) in [6, 6.07) is 1.52. The molecule has 0 aliphatic heterocycles. The number of ether oxygens (including phenoxy) is 1. The highest BCUT2D eigenvalue weighted by atomic mass is 19.1. The molecule has 1 heterocycles. The van der Waals surface area contributed by atoms with E-state index in [-0.39, 0.29) is 17.5 Å². The predicted molar refractivity (Wildman–Crippen MR) is 44.8 cm³/mol. The van der Waals surface area contributed by atoms with Gasteiger partial charge in [0, 0.05) is 12.3 Å². The lowest BCUT2D eigenvalue weighted by Crippen LogP contribution is -1.99. The summed E-state index contributed by atoms with van der Waals surface area (Å²) in [5.41, 5.74) is 0.453. The van der Waals surface area contributed by atoms with E-state index >= 15 is 0 Å². The van der Waals surface area contributed by atoms with Crippen LogP contribution < -0.4 is 4.74 Å². The normalized spacial score (nSPS) is 10.4. The van der Waals surface area contributed by atoms with Crippen molar-refractivity contribution in [2.45, 2.75) is 19.8 Å². The van der Waals surface area contributed by atoms with E-state index in [1.54, 1.807) is 6.20 Å². The molecular formula is C9H12FNO. The van der Waals surface area contributed by atoms with E-state index in [4.69, 9.17) is 4.74 Å². The molecule has 0 unspecified atom stereocenters. The quantitative estimate of drug-likeness (QED) is 0.678. The lowest BCUT2D eigenvalue weighted by atomic mass is 10.1. The topological polar surface area (TPSA) is 22.1 Å². The van der Waals surface area contributed by atoms with Crippen molar-refractivity contribution in [2.75, 3.05) is 7.11 Å². The minimum atomic E-state index is -0.352. The van der Waals surface area contributed by atoms with Crippen LogP contribution in [0.5, 0.6) is 5.75 Å². The first-order valence-electron chi connectivity index (χ1n) is 3.85. The summed E-state index contributed by atoms with van der Waals surface area (Å²) >= 11 is 0. The molecule has 1 aromatic rings. The van der Waals surface area contributed by atoms with Crippen molar-refractivity contribution >= 4 is 0 Å². The highest BCUT2D eigenvalue weighted by Crippen LogP contribution is 2.22. The molecule has 1 aromatic heterocycles. The van der Waals surface area contributed by atoms with Crippen LogP contribution in [0.15, 0.2) is 12.3 Å². The fourth-order valence-electron chi connectivity index (χ4n) is 1.00. The minimum Gasteiger partial charge on any atom is -0.494 e. The molecule has 1 rings (SSSR count). The molecule has 0 amide bonds. The Balaban J connectivity index is 3.14. The number of nitrogens with zero attached hydrogens (tertiary/aromatic N) is 1. The summed E-state index contributed by atoms with van der Waals surface area (Å²) < 4.78 is 18.2. The van der Waals surface area contributed by atoms with E-state index in [1.165, 1.54) is 13.2 Å². The molecule has 0 aliphatic carbocycles. The highest BCUT2D eigenvalue weighted by Gasteiger charge is 2.11. The second-order valence-electron chi connectivity index (χ2n) is 2.87. The van der Waals surface area contributed by atoms with Crippen molar-refractivity contribution in [2.24, 2.45) is 0 Å². The fourth-order valence-corrected chi connectivity index (χ4v) is 1.00. The first-order chi connectivity index (χ1) is 5.66. The van der Waals surface area contributed by atoms with Crippen LogP contribution in [0, 0.1) is 5.82 Å². The highest BCUT2D eigenvalue weighted by molar-refractivity contribution is 5.26. The summed E-state index contributed by atoms with van der Waals surface area (Å²) in [5.74, 6) is -0.0104. The van der Waals surface area contributed by atoms with Crippen LogP contribution in [0.3, 0.4) is 0 Å². The van der Waals surface area contributed by atoms with Gasteiger partial charge in [0.05, 0.1) is 12.8 Å². The molecule has 66 valence electrons. The zero-order chi connectivity index (χ0) is 9.14. The van der Waals surface area contributed by atoms with Crippen molar-refractivity contribution in [3.63, 3.8) is 0 Å². The van der Waals surface area contributed by atoms with Crippen LogP contribution in [0.1, 0.15) is 25.5 Å². The molecule has 0 radical (unpaired) electrons. The Kier molecular flexibility index (Phi) is 2.63. The van der Waals surface area contributed by atoms with E-state index in [0.29, 0.717) is 5.69 Å². The van der Waals surface area contributed by atoms with E-state index < -0.39 is 0 Å². The van der Waals surface area contributed by atoms with Crippen molar-refractivity contribution in [1.29, 1.82) is 0 Å². The number of aromatic nitrogens is 1. The van der Waals surface area contributed by atoms with Crippen LogP contribution >= 0.6 is 0 Å². The molecule has 3 heteroatoms. The van der Waals surface area contributed by atoms with Gasteiger partial charge in [0.2, 0.25) is 0 Å². The monoisotopic (exact) mass is 169 g/mol. The van der Waals surface area contributed by atoms with Crippen molar-refractivity contribution < 1.29 is 9.13 Å². The van der Waals surface area contributed by atoms with Gasteiger partial charge in [-0.1, -0.05) is 13.8 Å². The zero-order valence-electron chi connectivity index (χ0n) is 7.47.